The van der Waals surface area contributed by atoms with E-state index >= 15 is 0 Å². The average Bonchev–Trinajstić information content (AvgIpc) is 2.10. The summed E-state index contributed by atoms with van der Waals surface area (Å²) in [5.41, 5.74) is 0. The van der Waals surface area contributed by atoms with Gasteiger partial charge in [0.15, 0.2) is 0 Å². The first-order chi connectivity index (χ1) is 5.74. The highest BCUT2D eigenvalue weighted by molar-refractivity contribution is 4.51. The molecule has 0 rings (SSSR count). The van der Waals surface area contributed by atoms with E-state index in [4.69, 9.17) is 10.2 Å². The van der Waals surface area contributed by atoms with Gasteiger partial charge >= 0.3 is 0 Å². The van der Waals surface area contributed by atoms with Crippen LogP contribution in [0.15, 0.2) is 38.5 Å². The van der Waals surface area contributed by atoms with E-state index in [0.29, 0.717) is 0 Å². The molecule has 2 nitrogen and oxygen atoms in total. The Morgan fingerprint density at radius 3 is 1.00 bits per heavy atom. The predicted molar refractivity (Wildman–Crippen MR) is 57.2 cm³/mol. The van der Waals surface area contributed by atoms with Crippen LogP contribution < -0.4 is 0 Å². The van der Waals surface area contributed by atoms with Gasteiger partial charge in [0.2, 0.25) is 0 Å². The molecule has 2 N–H and O–H groups in total. The fourth-order valence-corrected chi connectivity index (χ4v) is 0. The second kappa shape index (κ2) is 85.9. The van der Waals surface area contributed by atoms with Crippen molar-refractivity contribution < 1.29 is 10.2 Å². The summed E-state index contributed by atoms with van der Waals surface area (Å²) in [5.74, 6) is 0. The molecule has 2 heteroatoms. The van der Waals surface area contributed by atoms with Crippen molar-refractivity contribution in [1.82, 2.24) is 0 Å². The van der Waals surface area contributed by atoms with E-state index in [-0.39, 0.29) is 13.2 Å². The lowest BCUT2D eigenvalue weighted by atomic mass is 10.8. The molecule has 0 fully saturated rings. The van der Waals surface area contributed by atoms with Gasteiger partial charge in [0.05, 0.1) is 13.2 Å². The number of hydrogen-bond donors (Lipinski definition) is 2. The lowest BCUT2D eigenvalue weighted by molar-refractivity contribution is 0.186. The molecule has 0 saturated carbocycles. The molecule has 0 bridgehead atoms. The van der Waals surface area contributed by atoms with Gasteiger partial charge in [-0.25, -0.2) is 0 Å². The van der Waals surface area contributed by atoms with Gasteiger partial charge in [0, 0.05) is 0 Å². The Kier molecular flexibility index (Phi) is 161. The van der Waals surface area contributed by atoms with Crippen LogP contribution in [0.3, 0.4) is 0 Å². The maximum atomic E-state index is 7.62. The maximum Gasteiger partial charge on any atom is 0.0662 e. The summed E-state index contributed by atoms with van der Waals surface area (Å²) >= 11 is 0. The second-order valence-electron chi connectivity index (χ2n) is 1.26. The molecule has 0 aliphatic heterocycles. The molecule has 0 spiro atoms. The monoisotopic (exact) mass is 174 g/mol. The summed E-state index contributed by atoms with van der Waals surface area (Å²) in [6, 6.07) is 0. The van der Waals surface area contributed by atoms with Gasteiger partial charge in [-0.3, -0.25) is 0 Å². The third-order valence-electron chi connectivity index (χ3n) is 0.1000. The van der Waals surface area contributed by atoms with Crippen LogP contribution >= 0.6 is 0 Å². The maximum absolute atomic E-state index is 7.62. The van der Waals surface area contributed by atoms with Gasteiger partial charge in [-0.1, -0.05) is 12.2 Å². The van der Waals surface area contributed by atoms with Gasteiger partial charge in [-0.05, 0) is 13.8 Å². The molecular formula is C10H22O2. The van der Waals surface area contributed by atoms with Gasteiger partial charge in [0.1, 0.15) is 0 Å². The number of rotatable bonds is 1. The van der Waals surface area contributed by atoms with E-state index in [1.54, 1.807) is 12.2 Å². The summed E-state index contributed by atoms with van der Waals surface area (Å²) in [5, 5.41) is 15.2. The van der Waals surface area contributed by atoms with Crippen molar-refractivity contribution >= 4 is 0 Å². The molecule has 0 atom stereocenters. The Labute approximate surface area is 76.6 Å². The normalized spacial score (nSPS) is 5.00. The second-order valence-corrected chi connectivity index (χ2v) is 1.26. The fraction of sp³-hybridized carbons (Fsp3) is 0.400. The third kappa shape index (κ3) is 30900. The third-order valence-corrected chi connectivity index (χ3v) is 0.1000. The Hall–Kier alpha value is -0.860. The highest BCUT2D eigenvalue weighted by Crippen LogP contribution is 1.39. The van der Waals surface area contributed by atoms with E-state index in [9.17, 15) is 0 Å². The Bertz CT molecular complexity index is 52.9. The van der Waals surface area contributed by atoms with Crippen LogP contribution in [0.4, 0.5) is 0 Å². The minimum absolute atomic E-state index is 0.125. The molecule has 0 aromatic heterocycles. The van der Waals surface area contributed by atoms with Gasteiger partial charge in [-0.15, -0.1) is 26.3 Å². The largest absolute Gasteiger partial charge is 0.394 e. The van der Waals surface area contributed by atoms with Crippen LogP contribution in [0.25, 0.3) is 0 Å². The summed E-state index contributed by atoms with van der Waals surface area (Å²) in [4.78, 5) is 0. The molecule has 0 aromatic carbocycles. The highest BCUT2D eigenvalue weighted by atomic mass is 16.3. The zero-order valence-corrected chi connectivity index (χ0v) is 8.29. The standard InChI is InChI=1S/2C3H6.C2H6O2.C2H4/c2*1-3-2;3-1-2-4;1-2/h2*3H,1H2,2H3;3-4H,1-2H2;1-2H2. The number of hydrogen-bond acceptors (Lipinski definition) is 2. The topological polar surface area (TPSA) is 40.5 Å². The highest BCUT2D eigenvalue weighted by Gasteiger charge is 1.58. The fourth-order valence-electron chi connectivity index (χ4n) is 0. The SMILES string of the molecule is C=C.C=CC.C=CC.OCCO. The van der Waals surface area contributed by atoms with Crippen molar-refractivity contribution in [2.24, 2.45) is 0 Å². The molecule has 0 amide bonds. The zero-order valence-electron chi connectivity index (χ0n) is 8.29. The minimum atomic E-state index is -0.125. The molecule has 0 aromatic rings. The first kappa shape index (κ1) is 22.5. The van der Waals surface area contributed by atoms with Crippen molar-refractivity contribution in [2.75, 3.05) is 13.2 Å². The molecule has 74 valence electrons. The van der Waals surface area contributed by atoms with Crippen molar-refractivity contribution in [3.8, 4) is 0 Å². The van der Waals surface area contributed by atoms with Crippen molar-refractivity contribution in [1.29, 1.82) is 0 Å². The van der Waals surface area contributed by atoms with Crippen LogP contribution in [0.1, 0.15) is 13.8 Å². The van der Waals surface area contributed by atoms with Crippen LogP contribution in [0, 0.1) is 0 Å². The lowest BCUT2D eigenvalue weighted by Gasteiger charge is -1.70. The molecular weight excluding hydrogens is 152 g/mol. The quantitative estimate of drug-likeness (QED) is 0.598. The number of allylic oxidation sites excluding steroid dienone is 2. The van der Waals surface area contributed by atoms with Gasteiger partial charge in [0.25, 0.3) is 0 Å². The van der Waals surface area contributed by atoms with Crippen molar-refractivity contribution in [3.63, 3.8) is 0 Å². The molecule has 0 aliphatic rings. The predicted octanol–water partition coefficient (Wildman–Crippen LogP) is 2.16. The first-order valence-electron chi connectivity index (χ1n) is 3.60. The van der Waals surface area contributed by atoms with Gasteiger partial charge < -0.3 is 10.2 Å². The Balaban J connectivity index is -0.0000000368. The number of aliphatic hydroxyl groups excluding tert-OH is 2. The van der Waals surface area contributed by atoms with Crippen LogP contribution in [0.5, 0.6) is 0 Å². The van der Waals surface area contributed by atoms with Crippen LogP contribution in [-0.4, -0.2) is 23.4 Å². The van der Waals surface area contributed by atoms with E-state index in [2.05, 4.69) is 26.3 Å². The smallest absolute Gasteiger partial charge is 0.0662 e. The number of aliphatic hydroxyl groups is 2. The van der Waals surface area contributed by atoms with Gasteiger partial charge in [-0.2, -0.15) is 0 Å². The van der Waals surface area contributed by atoms with Crippen LogP contribution in [0.2, 0.25) is 0 Å². The molecule has 0 radical (unpaired) electrons. The summed E-state index contributed by atoms with van der Waals surface area (Å²) in [7, 11) is 0. The zero-order chi connectivity index (χ0) is 10.8. The van der Waals surface area contributed by atoms with Crippen LogP contribution in [-0.2, 0) is 0 Å². The molecule has 0 saturated heterocycles. The van der Waals surface area contributed by atoms with Crippen molar-refractivity contribution in [2.45, 2.75) is 13.8 Å². The molecule has 0 heterocycles. The van der Waals surface area contributed by atoms with E-state index < -0.39 is 0 Å². The first-order valence-corrected chi connectivity index (χ1v) is 3.60. The summed E-state index contributed by atoms with van der Waals surface area (Å²) < 4.78 is 0. The summed E-state index contributed by atoms with van der Waals surface area (Å²) in [6.07, 6.45) is 3.50. The van der Waals surface area contributed by atoms with E-state index in [1.807, 2.05) is 13.8 Å². The molecule has 0 aliphatic carbocycles. The molecule has 12 heavy (non-hydrogen) atoms. The Morgan fingerprint density at radius 2 is 1.00 bits per heavy atom. The van der Waals surface area contributed by atoms with E-state index in [1.165, 1.54) is 0 Å². The lowest BCUT2D eigenvalue weighted by Crippen LogP contribution is -1.85. The minimum Gasteiger partial charge on any atom is -0.394 e. The summed E-state index contributed by atoms with van der Waals surface area (Å²) in [6.45, 7) is 16.2. The van der Waals surface area contributed by atoms with Crippen molar-refractivity contribution in [3.05, 3.63) is 38.5 Å². The average molecular weight is 174 g/mol. The van der Waals surface area contributed by atoms with E-state index in [0.717, 1.165) is 0 Å². The Morgan fingerprint density at radius 1 is 0.917 bits per heavy atom. The molecule has 0 unspecified atom stereocenters.